The molecule has 0 radical (unpaired) electrons. The second-order valence-corrected chi connectivity index (χ2v) is 6.58. The smallest absolute Gasteiger partial charge is 0.0398 e. The van der Waals surface area contributed by atoms with Crippen molar-refractivity contribution in [1.82, 2.24) is 0 Å². The van der Waals surface area contributed by atoms with E-state index >= 15 is 0 Å². The summed E-state index contributed by atoms with van der Waals surface area (Å²) < 4.78 is 1.42. The van der Waals surface area contributed by atoms with Crippen LogP contribution in [0.25, 0.3) is 0 Å². The van der Waals surface area contributed by atoms with Gasteiger partial charge in [-0.25, -0.2) is 0 Å². The van der Waals surface area contributed by atoms with Gasteiger partial charge < -0.3 is 0 Å². The van der Waals surface area contributed by atoms with Crippen LogP contribution in [-0.2, 0) is 0 Å². The van der Waals surface area contributed by atoms with Crippen molar-refractivity contribution in [2.24, 2.45) is 0 Å². The van der Waals surface area contributed by atoms with Gasteiger partial charge in [0.1, 0.15) is 0 Å². The van der Waals surface area contributed by atoms with Crippen molar-refractivity contribution in [2.45, 2.75) is 5.25 Å². The first-order chi connectivity index (χ1) is 6.38. The van der Waals surface area contributed by atoms with Crippen LogP contribution >= 0.6 is 46.1 Å². The van der Waals surface area contributed by atoms with Crippen LogP contribution in [0.5, 0.6) is 0 Å². The van der Waals surface area contributed by atoms with Crippen LogP contribution < -0.4 is 0 Å². The van der Waals surface area contributed by atoms with Crippen molar-refractivity contribution < 1.29 is 0 Å². The van der Waals surface area contributed by atoms with Gasteiger partial charge in [-0.3, -0.25) is 0 Å². The van der Waals surface area contributed by atoms with Crippen molar-refractivity contribution in [3.63, 3.8) is 0 Å². The summed E-state index contributed by atoms with van der Waals surface area (Å²) in [5.74, 6) is 3.91. The zero-order chi connectivity index (χ0) is 9.10. The molecule has 1 fully saturated rings. The predicted octanol–water partition coefficient (Wildman–Crippen LogP) is 3.81. The van der Waals surface area contributed by atoms with Crippen molar-refractivity contribution in [3.05, 3.63) is 33.4 Å². The van der Waals surface area contributed by atoms with Gasteiger partial charge in [0, 0.05) is 26.1 Å². The fourth-order valence-corrected chi connectivity index (χ4v) is 5.14. The van der Waals surface area contributed by atoms with Gasteiger partial charge in [-0.2, -0.15) is 23.5 Å². The standard InChI is InChI=1S/C10H11IS2/c11-9-4-2-1-3-8(9)10-7-12-5-6-13-10/h1-4,10H,5-7H2. The average Bonchev–Trinajstić information content (AvgIpc) is 2.20. The number of hydrogen-bond donors (Lipinski definition) is 0. The van der Waals surface area contributed by atoms with Crippen molar-refractivity contribution in [2.75, 3.05) is 17.3 Å². The maximum Gasteiger partial charge on any atom is 0.0398 e. The van der Waals surface area contributed by atoms with E-state index in [1.54, 1.807) is 0 Å². The quantitative estimate of drug-likeness (QED) is 0.721. The Morgan fingerprint density at radius 1 is 1.23 bits per heavy atom. The van der Waals surface area contributed by atoms with E-state index < -0.39 is 0 Å². The number of benzene rings is 1. The summed E-state index contributed by atoms with van der Waals surface area (Å²) in [6, 6.07) is 8.74. The molecule has 1 saturated heterocycles. The molecule has 2 rings (SSSR count). The van der Waals surface area contributed by atoms with Gasteiger partial charge in [-0.1, -0.05) is 18.2 Å². The number of hydrogen-bond acceptors (Lipinski definition) is 2. The predicted molar refractivity (Wildman–Crippen MR) is 71.7 cm³/mol. The Morgan fingerprint density at radius 3 is 2.77 bits per heavy atom. The molecule has 1 aromatic rings. The van der Waals surface area contributed by atoms with Crippen molar-refractivity contribution in [1.29, 1.82) is 0 Å². The molecule has 0 N–H and O–H groups in total. The largest absolute Gasteiger partial charge is 0.160 e. The molecule has 1 atom stereocenters. The lowest BCUT2D eigenvalue weighted by Gasteiger charge is -2.22. The lowest BCUT2D eigenvalue weighted by Crippen LogP contribution is -2.07. The zero-order valence-corrected chi connectivity index (χ0v) is 11.0. The van der Waals surface area contributed by atoms with Crippen LogP contribution in [0.1, 0.15) is 10.8 Å². The Bertz CT molecular complexity index is 282. The van der Waals surface area contributed by atoms with Gasteiger partial charge in [-0.05, 0) is 34.2 Å². The third kappa shape index (κ3) is 2.57. The van der Waals surface area contributed by atoms with E-state index in [9.17, 15) is 0 Å². The lowest BCUT2D eigenvalue weighted by atomic mass is 10.2. The Morgan fingerprint density at radius 2 is 2.08 bits per heavy atom. The molecular formula is C10H11IS2. The fraction of sp³-hybridized carbons (Fsp3) is 0.400. The average molecular weight is 322 g/mol. The SMILES string of the molecule is Ic1ccccc1C1CSCCS1. The highest BCUT2D eigenvalue weighted by molar-refractivity contribution is 14.1. The van der Waals surface area contributed by atoms with E-state index in [4.69, 9.17) is 0 Å². The van der Waals surface area contributed by atoms with Gasteiger partial charge >= 0.3 is 0 Å². The minimum absolute atomic E-state index is 0.729. The summed E-state index contributed by atoms with van der Waals surface area (Å²) in [5, 5.41) is 0.729. The molecule has 1 heterocycles. The van der Waals surface area contributed by atoms with Crippen LogP contribution in [0, 0.1) is 3.57 Å². The summed E-state index contributed by atoms with van der Waals surface area (Å²) in [6.07, 6.45) is 0. The highest BCUT2D eigenvalue weighted by atomic mass is 127. The Hall–Kier alpha value is 0.650. The van der Waals surface area contributed by atoms with Crippen molar-refractivity contribution >= 4 is 46.1 Å². The minimum atomic E-state index is 0.729. The number of rotatable bonds is 1. The Labute approximate surface area is 101 Å². The number of halogens is 1. The highest BCUT2D eigenvalue weighted by Gasteiger charge is 2.17. The first kappa shape index (κ1) is 10.2. The molecular weight excluding hydrogens is 311 g/mol. The van der Waals surface area contributed by atoms with Crippen LogP contribution in [0.2, 0.25) is 0 Å². The molecule has 0 bridgehead atoms. The third-order valence-electron chi connectivity index (χ3n) is 2.07. The molecule has 0 saturated carbocycles. The van der Waals surface area contributed by atoms with E-state index in [0.29, 0.717) is 0 Å². The van der Waals surface area contributed by atoms with Gasteiger partial charge in [0.25, 0.3) is 0 Å². The van der Waals surface area contributed by atoms with E-state index in [-0.39, 0.29) is 0 Å². The second kappa shape index (κ2) is 4.94. The van der Waals surface area contributed by atoms with Crippen LogP contribution in [0.15, 0.2) is 24.3 Å². The van der Waals surface area contributed by atoms with Gasteiger partial charge in [0.15, 0.2) is 0 Å². The Kier molecular flexibility index (Phi) is 3.86. The third-order valence-corrected chi connectivity index (χ3v) is 5.84. The van der Waals surface area contributed by atoms with Crippen LogP contribution in [0.3, 0.4) is 0 Å². The maximum atomic E-state index is 2.44. The van der Waals surface area contributed by atoms with E-state index in [2.05, 4.69) is 70.4 Å². The lowest BCUT2D eigenvalue weighted by molar-refractivity contribution is 1.09. The summed E-state index contributed by atoms with van der Waals surface area (Å²) >= 11 is 6.63. The second-order valence-electron chi connectivity index (χ2n) is 2.96. The first-order valence-electron chi connectivity index (χ1n) is 4.31. The molecule has 0 aliphatic carbocycles. The molecule has 1 aliphatic heterocycles. The van der Waals surface area contributed by atoms with Gasteiger partial charge in [0.05, 0.1) is 0 Å². The molecule has 3 heteroatoms. The topological polar surface area (TPSA) is 0 Å². The molecule has 0 aromatic heterocycles. The van der Waals surface area contributed by atoms with E-state index in [1.807, 2.05) is 0 Å². The molecule has 70 valence electrons. The monoisotopic (exact) mass is 322 g/mol. The van der Waals surface area contributed by atoms with E-state index in [1.165, 1.54) is 26.4 Å². The van der Waals surface area contributed by atoms with Crippen LogP contribution in [-0.4, -0.2) is 17.3 Å². The summed E-state index contributed by atoms with van der Waals surface area (Å²) in [6.45, 7) is 0. The first-order valence-corrected chi connectivity index (χ1v) is 7.60. The molecule has 1 unspecified atom stereocenters. The maximum absolute atomic E-state index is 2.44. The fourth-order valence-electron chi connectivity index (χ4n) is 1.40. The minimum Gasteiger partial charge on any atom is -0.160 e. The molecule has 1 aliphatic rings. The summed E-state index contributed by atoms with van der Waals surface area (Å²) in [5.41, 5.74) is 1.53. The Balaban J connectivity index is 2.18. The highest BCUT2D eigenvalue weighted by Crippen LogP contribution is 2.38. The zero-order valence-electron chi connectivity index (χ0n) is 7.20. The number of thioether (sulfide) groups is 2. The molecule has 1 aromatic carbocycles. The summed E-state index contributed by atoms with van der Waals surface area (Å²) in [7, 11) is 0. The van der Waals surface area contributed by atoms with Crippen molar-refractivity contribution in [3.8, 4) is 0 Å². The molecule has 0 amide bonds. The normalized spacial score (nSPS) is 23.0. The molecule has 0 nitrogen and oxygen atoms in total. The molecule has 0 spiro atoms. The van der Waals surface area contributed by atoms with Gasteiger partial charge in [0.2, 0.25) is 0 Å². The molecule has 13 heavy (non-hydrogen) atoms. The van der Waals surface area contributed by atoms with E-state index in [0.717, 1.165) is 5.25 Å². The summed E-state index contributed by atoms with van der Waals surface area (Å²) in [4.78, 5) is 0. The van der Waals surface area contributed by atoms with Gasteiger partial charge in [-0.15, -0.1) is 0 Å². The van der Waals surface area contributed by atoms with Crippen LogP contribution in [0.4, 0.5) is 0 Å².